The second-order valence-corrected chi connectivity index (χ2v) is 9.19. The van der Waals surface area contributed by atoms with Crippen molar-refractivity contribution in [1.82, 2.24) is 14.5 Å². The number of hydrogen-bond donors (Lipinski definition) is 2. The number of pyridine rings is 2. The summed E-state index contributed by atoms with van der Waals surface area (Å²) in [4.78, 5) is 33.8. The summed E-state index contributed by atoms with van der Waals surface area (Å²) in [6.45, 7) is 4.31. The van der Waals surface area contributed by atoms with Gasteiger partial charge in [0.05, 0.1) is 20.1 Å². The molecule has 0 radical (unpaired) electrons. The Kier molecular flexibility index (Phi) is 5.06. The lowest BCUT2D eigenvalue weighted by atomic mass is 9.83. The van der Waals surface area contributed by atoms with Crippen LogP contribution in [0.15, 0.2) is 41.3 Å². The molecule has 2 fully saturated rings. The number of anilines is 1. The van der Waals surface area contributed by atoms with Gasteiger partial charge >= 0.3 is 0 Å². The number of carbonyl (C=O) groups excluding carboxylic acids is 1. The summed E-state index contributed by atoms with van der Waals surface area (Å²) in [6, 6.07) is 9.88. The van der Waals surface area contributed by atoms with E-state index in [1.165, 1.54) is 0 Å². The van der Waals surface area contributed by atoms with Crippen LogP contribution in [0.2, 0.25) is 0 Å². The zero-order chi connectivity index (χ0) is 20.7. The first-order valence-electron chi connectivity index (χ1n) is 11.1. The Morgan fingerprint density at radius 1 is 1.13 bits per heavy atom. The number of nitrogens with zero attached hydrogens (tertiary/aromatic N) is 3. The van der Waals surface area contributed by atoms with Gasteiger partial charge in [-0.05, 0) is 36.6 Å². The number of fused-ring (bicyclic) bond motifs is 4. The minimum atomic E-state index is -0.0104. The van der Waals surface area contributed by atoms with Crippen LogP contribution < -0.4 is 15.8 Å². The lowest BCUT2D eigenvalue weighted by Gasteiger charge is -2.42. The highest BCUT2D eigenvalue weighted by Gasteiger charge is 2.37. The SMILES string of the molecule is C[NH+]1CCC(Nc2ccc3n(c2=O)C[C@H]2C[C@@H]3CN(C(=O)c3ccccn3)C2)CC1. The van der Waals surface area contributed by atoms with Crippen molar-refractivity contribution >= 4 is 11.6 Å². The molecule has 5 rings (SSSR count). The van der Waals surface area contributed by atoms with E-state index in [1.54, 1.807) is 17.2 Å². The molecule has 0 unspecified atom stereocenters. The number of hydrogen-bond acceptors (Lipinski definition) is 4. The summed E-state index contributed by atoms with van der Waals surface area (Å²) in [5.41, 5.74) is 2.38. The molecule has 30 heavy (non-hydrogen) atoms. The summed E-state index contributed by atoms with van der Waals surface area (Å²) >= 11 is 0. The number of amides is 1. The Morgan fingerprint density at radius 3 is 2.73 bits per heavy atom. The Balaban J connectivity index is 1.35. The molecule has 2 saturated heterocycles. The van der Waals surface area contributed by atoms with Crippen LogP contribution in [0.4, 0.5) is 5.69 Å². The Morgan fingerprint density at radius 2 is 1.97 bits per heavy atom. The molecule has 3 aliphatic rings. The van der Waals surface area contributed by atoms with Crippen LogP contribution in [0, 0.1) is 5.92 Å². The molecule has 1 amide bonds. The molecule has 2 atom stereocenters. The number of likely N-dealkylation sites (tertiary alicyclic amines) is 2. The molecular weight excluding hydrogens is 378 g/mol. The van der Waals surface area contributed by atoms with E-state index in [0.717, 1.165) is 43.7 Å². The van der Waals surface area contributed by atoms with Crippen molar-refractivity contribution in [3.63, 3.8) is 0 Å². The fourth-order valence-corrected chi connectivity index (χ4v) is 5.35. The number of carbonyl (C=O) groups is 1. The van der Waals surface area contributed by atoms with Crippen molar-refractivity contribution < 1.29 is 9.69 Å². The predicted molar refractivity (Wildman–Crippen MR) is 115 cm³/mol. The van der Waals surface area contributed by atoms with E-state index in [0.29, 0.717) is 37.3 Å². The topological polar surface area (TPSA) is 71.7 Å². The maximum atomic E-state index is 13.2. The van der Waals surface area contributed by atoms with Gasteiger partial charge in [0.2, 0.25) is 0 Å². The molecule has 7 nitrogen and oxygen atoms in total. The second-order valence-electron chi connectivity index (χ2n) is 9.19. The number of nitrogens with one attached hydrogen (secondary N) is 2. The molecule has 5 heterocycles. The van der Waals surface area contributed by atoms with Gasteiger partial charge in [0.25, 0.3) is 11.5 Å². The molecule has 2 aromatic rings. The third kappa shape index (κ3) is 3.62. The van der Waals surface area contributed by atoms with Crippen LogP contribution in [0.1, 0.15) is 41.4 Å². The molecule has 2 aromatic heterocycles. The minimum Gasteiger partial charge on any atom is -0.377 e. The lowest BCUT2D eigenvalue weighted by Crippen LogP contribution is -3.10. The van der Waals surface area contributed by atoms with Gasteiger partial charge in [0.15, 0.2) is 0 Å². The van der Waals surface area contributed by atoms with Gasteiger partial charge < -0.3 is 19.7 Å². The average molecular weight is 409 g/mol. The van der Waals surface area contributed by atoms with Crippen molar-refractivity contribution in [1.29, 1.82) is 0 Å². The number of piperidine rings is 2. The largest absolute Gasteiger partial charge is 0.377 e. The third-order valence-electron chi connectivity index (χ3n) is 6.97. The van der Waals surface area contributed by atoms with Crippen molar-refractivity contribution in [2.75, 3.05) is 38.5 Å². The average Bonchev–Trinajstić information content (AvgIpc) is 2.77. The molecule has 0 spiro atoms. The quantitative estimate of drug-likeness (QED) is 0.780. The van der Waals surface area contributed by atoms with Gasteiger partial charge in [-0.25, -0.2) is 0 Å². The molecule has 2 N–H and O–H groups in total. The Hall–Kier alpha value is -2.67. The fourth-order valence-electron chi connectivity index (χ4n) is 5.35. The summed E-state index contributed by atoms with van der Waals surface area (Å²) < 4.78 is 1.96. The standard InChI is InChI=1S/C23H29N5O2/c1-26-10-7-18(8-11-26)25-20-5-6-21-17-12-16(14-28(21)23(20)30)13-27(15-17)22(29)19-4-2-3-9-24-19/h2-6,9,16-18,25H,7-8,10-15H2,1H3/p+1/t16-,17+/m0/s1. The van der Waals surface area contributed by atoms with Gasteiger partial charge in [-0.1, -0.05) is 6.07 Å². The monoisotopic (exact) mass is 408 g/mol. The first-order chi connectivity index (χ1) is 14.6. The maximum Gasteiger partial charge on any atom is 0.274 e. The summed E-state index contributed by atoms with van der Waals surface area (Å²) in [6.07, 6.45) is 4.90. The Bertz CT molecular complexity index is 981. The van der Waals surface area contributed by atoms with Crippen molar-refractivity contribution in [3.05, 3.63) is 58.3 Å². The highest BCUT2D eigenvalue weighted by molar-refractivity contribution is 5.92. The summed E-state index contributed by atoms with van der Waals surface area (Å²) in [5.74, 6) is 0.506. The summed E-state index contributed by atoms with van der Waals surface area (Å²) in [7, 11) is 2.23. The molecule has 2 bridgehead atoms. The number of rotatable bonds is 3. The van der Waals surface area contributed by atoms with E-state index in [-0.39, 0.29) is 17.4 Å². The third-order valence-corrected chi connectivity index (χ3v) is 6.97. The molecule has 3 aliphatic heterocycles. The minimum absolute atomic E-state index is 0.0104. The molecule has 0 saturated carbocycles. The lowest BCUT2D eigenvalue weighted by molar-refractivity contribution is -0.884. The van der Waals surface area contributed by atoms with Gasteiger partial charge in [-0.15, -0.1) is 0 Å². The van der Waals surface area contributed by atoms with Crippen molar-refractivity contribution in [3.8, 4) is 0 Å². The second kappa shape index (κ2) is 7.87. The maximum absolute atomic E-state index is 13.2. The predicted octanol–water partition coefficient (Wildman–Crippen LogP) is 0.592. The van der Waals surface area contributed by atoms with Crippen LogP contribution in [0.25, 0.3) is 0 Å². The van der Waals surface area contributed by atoms with Gasteiger partial charge in [0, 0.05) is 56.3 Å². The van der Waals surface area contributed by atoms with Crippen LogP contribution >= 0.6 is 0 Å². The van der Waals surface area contributed by atoms with Gasteiger partial charge in [-0.2, -0.15) is 0 Å². The van der Waals surface area contributed by atoms with E-state index in [4.69, 9.17) is 0 Å². The van der Waals surface area contributed by atoms with E-state index >= 15 is 0 Å². The van der Waals surface area contributed by atoms with E-state index in [1.807, 2.05) is 27.7 Å². The van der Waals surface area contributed by atoms with Gasteiger partial charge in [-0.3, -0.25) is 14.6 Å². The van der Waals surface area contributed by atoms with Gasteiger partial charge in [0.1, 0.15) is 11.4 Å². The van der Waals surface area contributed by atoms with Crippen LogP contribution in [-0.2, 0) is 6.54 Å². The normalized spacial score (nSPS) is 28.0. The smallest absolute Gasteiger partial charge is 0.274 e. The van der Waals surface area contributed by atoms with E-state index < -0.39 is 0 Å². The van der Waals surface area contributed by atoms with E-state index in [9.17, 15) is 9.59 Å². The first-order valence-corrected chi connectivity index (χ1v) is 11.1. The molecule has 0 aromatic carbocycles. The number of quaternary nitrogens is 1. The Labute approximate surface area is 176 Å². The first kappa shape index (κ1) is 19.3. The number of aromatic nitrogens is 2. The zero-order valence-electron chi connectivity index (χ0n) is 17.5. The highest BCUT2D eigenvalue weighted by atomic mass is 16.2. The highest BCUT2D eigenvalue weighted by Crippen LogP contribution is 2.36. The molecule has 7 heteroatoms. The zero-order valence-corrected chi connectivity index (χ0v) is 17.5. The van der Waals surface area contributed by atoms with Crippen molar-refractivity contribution in [2.24, 2.45) is 5.92 Å². The summed E-state index contributed by atoms with van der Waals surface area (Å²) in [5, 5.41) is 3.51. The molecule has 0 aliphatic carbocycles. The van der Waals surface area contributed by atoms with Crippen LogP contribution in [-0.4, -0.2) is 59.6 Å². The van der Waals surface area contributed by atoms with Crippen LogP contribution in [0.5, 0.6) is 0 Å². The van der Waals surface area contributed by atoms with E-state index in [2.05, 4.69) is 23.4 Å². The molecular formula is C23H30N5O2+. The molecule has 158 valence electrons. The fraction of sp³-hybridized carbons (Fsp3) is 0.522. The van der Waals surface area contributed by atoms with Crippen molar-refractivity contribution in [2.45, 2.75) is 37.8 Å². The van der Waals surface area contributed by atoms with Crippen LogP contribution in [0.3, 0.4) is 0 Å².